The van der Waals surface area contributed by atoms with E-state index in [4.69, 9.17) is 5.73 Å². The van der Waals surface area contributed by atoms with E-state index in [2.05, 4.69) is 17.3 Å². The van der Waals surface area contributed by atoms with E-state index in [0.29, 0.717) is 12.2 Å². The topological polar surface area (TPSA) is 55.1 Å². The molecular formula is C9H12N2OPS+. The summed E-state index contributed by atoms with van der Waals surface area (Å²) >= 11 is 3.72. The zero-order valence-corrected chi connectivity index (χ0v) is 9.34. The number of nitrogens with one attached hydrogen (secondary N) is 1. The maximum Gasteiger partial charge on any atom is 0.504 e. The number of hydrogen-bond acceptors (Lipinski definition) is 2. The molecule has 1 unspecified atom stereocenters. The van der Waals surface area contributed by atoms with E-state index in [1.807, 2.05) is 30.3 Å². The summed E-state index contributed by atoms with van der Waals surface area (Å²) in [7, 11) is -1.61. The van der Waals surface area contributed by atoms with Gasteiger partial charge in [0.1, 0.15) is 12.2 Å². The highest BCUT2D eigenvalue weighted by Crippen LogP contribution is 2.18. The third kappa shape index (κ3) is 3.92. The molecule has 0 spiro atoms. The van der Waals surface area contributed by atoms with E-state index in [9.17, 15) is 4.57 Å². The van der Waals surface area contributed by atoms with Crippen LogP contribution in [0.2, 0.25) is 0 Å². The van der Waals surface area contributed by atoms with Crippen molar-refractivity contribution in [2.45, 2.75) is 0 Å². The molecule has 1 rings (SSSR count). The average molecular weight is 227 g/mol. The van der Waals surface area contributed by atoms with Gasteiger partial charge in [-0.15, -0.1) is 0 Å². The lowest BCUT2D eigenvalue weighted by molar-refractivity contribution is 0.591. The Morgan fingerprint density at radius 1 is 1.50 bits per heavy atom. The van der Waals surface area contributed by atoms with Crippen LogP contribution in [-0.2, 0) is 4.57 Å². The maximum atomic E-state index is 10.6. The SMILES string of the molecule is NC(=CCN[P+](=O)S)c1ccccc1. The Bertz CT molecular complexity index is 340. The van der Waals surface area contributed by atoms with E-state index >= 15 is 0 Å². The fourth-order valence-electron chi connectivity index (χ4n) is 0.982. The second-order valence-electron chi connectivity index (χ2n) is 2.66. The second kappa shape index (κ2) is 5.81. The molecule has 1 atom stereocenters. The first-order chi connectivity index (χ1) is 6.70. The van der Waals surface area contributed by atoms with Crippen LogP contribution >= 0.6 is 19.4 Å². The van der Waals surface area contributed by atoms with Gasteiger partial charge in [0.25, 0.3) is 0 Å². The normalized spacial score (nSPS) is 12.6. The number of rotatable bonds is 4. The van der Waals surface area contributed by atoms with Crippen LogP contribution in [0.4, 0.5) is 0 Å². The van der Waals surface area contributed by atoms with Gasteiger partial charge >= 0.3 is 7.15 Å². The Balaban J connectivity index is 2.57. The number of hydrogen-bond donors (Lipinski definition) is 3. The van der Waals surface area contributed by atoms with Crippen LogP contribution < -0.4 is 10.8 Å². The minimum Gasteiger partial charge on any atom is -0.398 e. The molecule has 5 heteroatoms. The monoisotopic (exact) mass is 227 g/mol. The fourth-order valence-corrected chi connectivity index (χ4v) is 1.47. The van der Waals surface area contributed by atoms with Crippen LogP contribution in [-0.4, -0.2) is 6.54 Å². The molecule has 74 valence electrons. The van der Waals surface area contributed by atoms with Crippen molar-refractivity contribution in [3.8, 4) is 0 Å². The van der Waals surface area contributed by atoms with Gasteiger partial charge in [-0.1, -0.05) is 35.4 Å². The first-order valence-corrected chi connectivity index (χ1v) is 6.52. The van der Waals surface area contributed by atoms with Crippen LogP contribution in [0.1, 0.15) is 5.56 Å². The van der Waals surface area contributed by atoms with Gasteiger partial charge in [0.2, 0.25) is 0 Å². The summed E-state index contributed by atoms with van der Waals surface area (Å²) < 4.78 is 10.6. The van der Waals surface area contributed by atoms with Crippen LogP contribution in [0.15, 0.2) is 36.4 Å². The summed E-state index contributed by atoms with van der Waals surface area (Å²) in [6, 6.07) is 9.61. The van der Waals surface area contributed by atoms with Gasteiger partial charge < -0.3 is 5.73 Å². The largest absolute Gasteiger partial charge is 0.504 e. The smallest absolute Gasteiger partial charge is 0.398 e. The van der Waals surface area contributed by atoms with E-state index in [0.717, 1.165) is 5.56 Å². The fraction of sp³-hybridized carbons (Fsp3) is 0.111. The van der Waals surface area contributed by atoms with E-state index in [-0.39, 0.29) is 0 Å². The summed E-state index contributed by atoms with van der Waals surface area (Å²) in [5.41, 5.74) is 7.41. The van der Waals surface area contributed by atoms with Gasteiger partial charge in [0.05, 0.1) is 6.54 Å². The first-order valence-electron chi connectivity index (χ1n) is 4.11. The van der Waals surface area contributed by atoms with Crippen molar-refractivity contribution in [2.24, 2.45) is 5.73 Å². The van der Waals surface area contributed by atoms with Crippen LogP contribution in [0.3, 0.4) is 0 Å². The van der Waals surface area contributed by atoms with Crippen molar-refractivity contribution < 1.29 is 4.57 Å². The molecule has 0 fully saturated rings. The Morgan fingerprint density at radius 2 is 2.14 bits per heavy atom. The Kier molecular flexibility index (Phi) is 4.66. The zero-order chi connectivity index (χ0) is 10.4. The summed E-state index contributed by atoms with van der Waals surface area (Å²) in [5.74, 6) is 0. The molecule has 1 aromatic carbocycles. The van der Waals surface area contributed by atoms with Crippen molar-refractivity contribution in [2.75, 3.05) is 6.54 Å². The van der Waals surface area contributed by atoms with Crippen molar-refractivity contribution in [1.82, 2.24) is 5.09 Å². The third-order valence-corrected chi connectivity index (χ3v) is 2.53. The van der Waals surface area contributed by atoms with Gasteiger partial charge in [0, 0.05) is 5.70 Å². The number of benzene rings is 1. The Hall–Kier alpha value is -0.830. The van der Waals surface area contributed by atoms with E-state index < -0.39 is 7.15 Å². The highest BCUT2D eigenvalue weighted by Gasteiger charge is 2.03. The highest BCUT2D eigenvalue weighted by molar-refractivity contribution is 8.40. The lowest BCUT2D eigenvalue weighted by Gasteiger charge is -1.99. The summed E-state index contributed by atoms with van der Waals surface area (Å²) in [6.45, 7) is 0.458. The molecular weight excluding hydrogens is 215 g/mol. The van der Waals surface area contributed by atoms with Gasteiger partial charge in [-0.25, -0.2) is 0 Å². The van der Waals surface area contributed by atoms with Gasteiger partial charge in [-0.05, 0) is 16.2 Å². The summed E-state index contributed by atoms with van der Waals surface area (Å²) in [6.07, 6.45) is 1.78. The van der Waals surface area contributed by atoms with Crippen molar-refractivity contribution >= 4 is 25.1 Å². The lowest BCUT2D eigenvalue weighted by atomic mass is 10.1. The maximum absolute atomic E-state index is 10.6. The first kappa shape index (κ1) is 11.2. The van der Waals surface area contributed by atoms with Gasteiger partial charge in [0.15, 0.2) is 0 Å². The zero-order valence-electron chi connectivity index (χ0n) is 7.55. The average Bonchev–Trinajstić information content (AvgIpc) is 2.18. The molecule has 0 amide bonds. The van der Waals surface area contributed by atoms with Crippen LogP contribution in [0.5, 0.6) is 0 Å². The Morgan fingerprint density at radius 3 is 2.71 bits per heavy atom. The van der Waals surface area contributed by atoms with Crippen LogP contribution in [0.25, 0.3) is 5.70 Å². The third-order valence-electron chi connectivity index (χ3n) is 1.66. The molecule has 14 heavy (non-hydrogen) atoms. The molecule has 0 aliphatic heterocycles. The molecule has 0 radical (unpaired) electrons. The molecule has 3 nitrogen and oxygen atoms in total. The predicted octanol–water partition coefficient (Wildman–Crippen LogP) is 2.16. The number of nitrogens with two attached hydrogens (primary N) is 1. The second-order valence-corrected chi connectivity index (χ2v) is 4.61. The van der Waals surface area contributed by atoms with Gasteiger partial charge in [-0.2, -0.15) is 0 Å². The summed E-state index contributed by atoms with van der Waals surface area (Å²) in [4.78, 5) is 0. The molecule has 0 saturated carbocycles. The van der Waals surface area contributed by atoms with Crippen molar-refractivity contribution in [3.05, 3.63) is 42.0 Å². The van der Waals surface area contributed by atoms with E-state index in [1.54, 1.807) is 6.08 Å². The summed E-state index contributed by atoms with van der Waals surface area (Å²) in [5, 5.41) is 2.66. The highest BCUT2D eigenvalue weighted by atomic mass is 32.7. The molecule has 0 aromatic heterocycles. The van der Waals surface area contributed by atoms with Crippen molar-refractivity contribution in [3.63, 3.8) is 0 Å². The lowest BCUT2D eigenvalue weighted by Crippen LogP contribution is -2.04. The minimum absolute atomic E-state index is 0.458. The van der Waals surface area contributed by atoms with Gasteiger partial charge in [-0.3, -0.25) is 0 Å². The number of thiol groups is 1. The van der Waals surface area contributed by atoms with E-state index in [1.165, 1.54) is 0 Å². The predicted molar refractivity (Wildman–Crippen MR) is 63.2 cm³/mol. The molecule has 1 aromatic rings. The van der Waals surface area contributed by atoms with Crippen molar-refractivity contribution in [1.29, 1.82) is 0 Å². The molecule has 3 N–H and O–H groups in total. The Labute approximate surface area is 89.4 Å². The molecule has 0 heterocycles. The molecule has 0 aliphatic rings. The standard InChI is InChI=1S/C9H11N2OPS/c10-9(6-7-11-13(12)14)8-4-2-1-3-5-8/h1-6H,7,10H2,(H-,11,12,14)/p+1. The quantitative estimate of drug-likeness (QED) is 0.545. The minimum atomic E-state index is -1.61. The molecule has 0 saturated heterocycles. The molecule has 0 bridgehead atoms. The molecule has 0 aliphatic carbocycles. The van der Waals surface area contributed by atoms with Crippen LogP contribution in [0, 0.1) is 0 Å².